The van der Waals surface area contributed by atoms with Crippen LogP contribution in [0.1, 0.15) is 26.3 Å². The lowest BCUT2D eigenvalue weighted by atomic mass is 9.69. The van der Waals surface area contributed by atoms with Crippen molar-refractivity contribution in [1.82, 2.24) is 30.0 Å². The lowest BCUT2D eigenvalue weighted by Crippen LogP contribution is -2.69. The van der Waals surface area contributed by atoms with E-state index in [9.17, 15) is 19.5 Å². The van der Waals surface area contributed by atoms with Crippen LogP contribution >= 0.6 is 0 Å². The standard InChI is InChI=1S/C24H34N6O4/c1-23(2,3)24(25-22(33)34,14-18-8-6-5-7-9-18)21(32)27-10-12-29(13-11-27)30-17-28-16-26(4)15-19(28)20(30)31/h5-9,15,25H,10-14,16-17H2,1-4H3,(H,33,34)/t24-/m0/s1. The number of hydrogen-bond acceptors (Lipinski definition) is 6. The average molecular weight is 471 g/mol. The second-order valence-electron chi connectivity index (χ2n) is 10.3. The zero-order valence-electron chi connectivity index (χ0n) is 20.3. The van der Waals surface area contributed by atoms with Crippen LogP contribution in [0.5, 0.6) is 0 Å². The molecule has 2 saturated heterocycles. The van der Waals surface area contributed by atoms with Gasteiger partial charge in [-0.15, -0.1) is 0 Å². The van der Waals surface area contributed by atoms with Gasteiger partial charge in [-0.2, -0.15) is 0 Å². The van der Waals surface area contributed by atoms with Gasteiger partial charge in [-0.25, -0.2) is 14.8 Å². The summed E-state index contributed by atoms with van der Waals surface area (Å²) in [5.41, 5.74) is -0.422. The maximum atomic E-state index is 14.0. The summed E-state index contributed by atoms with van der Waals surface area (Å²) in [4.78, 5) is 44.4. The van der Waals surface area contributed by atoms with Crippen molar-refractivity contribution in [1.29, 1.82) is 0 Å². The van der Waals surface area contributed by atoms with Crippen LogP contribution < -0.4 is 5.32 Å². The fourth-order valence-electron chi connectivity index (χ4n) is 5.01. The van der Waals surface area contributed by atoms with Crippen molar-refractivity contribution in [3.8, 4) is 0 Å². The van der Waals surface area contributed by atoms with Crippen LogP contribution in [-0.2, 0) is 16.0 Å². The third kappa shape index (κ3) is 4.29. The molecule has 3 heterocycles. The van der Waals surface area contributed by atoms with Crippen molar-refractivity contribution >= 4 is 17.9 Å². The summed E-state index contributed by atoms with van der Waals surface area (Å²) >= 11 is 0. The van der Waals surface area contributed by atoms with Gasteiger partial charge in [0.1, 0.15) is 17.9 Å². The van der Waals surface area contributed by atoms with E-state index in [1.807, 2.05) is 79.2 Å². The Labute approximate surface area is 200 Å². The van der Waals surface area contributed by atoms with Gasteiger partial charge in [0.15, 0.2) is 0 Å². The number of piperazine rings is 1. The van der Waals surface area contributed by atoms with E-state index < -0.39 is 17.0 Å². The molecule has 3 amide bonds. The van der Waals surface area contributed by atoms with Crippen molar-refractivity contribution in [2.75, 3.05) is 46.6 Å². The Kier molecular flexibility index (Phi) is 6.20. The Morgan fingerprint density at radius 1 is 1.03 bits per heavy atom. The maximum absolute atomic E-state index is 14.0. The minimum absolute atomic E-state index is 0.0233. The maximum Gasteiger partial charge on any atom is 0.405 e. The molecule has 184 valence electrons. The Balaban J connectivity index is 1.51. The Morgan fingerprint density at radius 3 is 2.24 bits per heavy atom. The van der Waals surface area contributed by atoms with Crippen molar-refractivity contribution in [2.24, 2.45) is 5.41 Å². The zero-order chi connectivity index (χ0) is 24.7. The number of benzene rings is 1. The number of carbonyl (C=O) groups is 3. The van der Waals surface area contributed by atoms with E-state index in [4.69, 9.17) is 0 Å². The summed E-state index contributed by atoms with van der Waals surface area (Å²) in [6.45, 7) is 8.70. The number of nitrogens with one attached hydrogen (secondary N) is 1. The highest BCUT2D eigenvalue weighted by atomic mass is 16.4. The van der Waals surface area contributed by atoms with Gasteiger partial charge in [0.2, 0.25) is 5.91 Å². The van der Waals surface area contributed by atoms with Gasteiger partial charge in [0, 0.05) is 45.8 Å². The van der Waals surface area contributed by atoms with Crippen molar-refractivity contribution in [2.45, 2.75) is 32.7 Å². The predicted molar refractivity (Wildman–Crippen MR) is 126 cm³/mol. The van der Waals surface area contributed by atoms with E-state index in [0.717, 1.165) is 5.56 Å². The van der Waals surface area contributed by atoms with E-state index in [2.05, 4.69) is 5.32 Å². The second kappa shape index (κ2) is 8.83. The highest BCUT2D eigenvalue weighted by molar-refractivity contribution is 5.95. The first kappa shape index (κ1) is 23.9. The molecule has 0 bridgehead atoms. The van der Waals surface area contributed by atoms with Crippen LogP contribution in [0.15, 0.2) is 42.2 Å². The summed E-state index contributed by atoms with van der Waals surface area (Å²) in [5, 5.41) is 16.1. The molecule has 0 radical (unpaired) electrons. The molecule has 1 aromatic rings. The molecule has 4 rings (SSSR count). The Bertz CT molecular complexity index is 983. The number of hydrazine groups is 1. The largest absolute Gasteiger partial charge is 0.465 e. The lowest BCUT2D eigenvalue weighted by Gasteiger charge is -2.48. The van der Waals surface area contributed by atoms with Crippen molar-refractivity contribution in [3.05, 3.63) is 47.8 Å². The number of nitrogens with zero attached hydrogens (tertiary/aromatic N) is 5. The molecule has 0 aromatic heterocycles. The van der Waals surface area contributed by atoms with Crippen LogP contribution in [0, 0.1) is 5.41 Å². The van der Waals surface area contributed by atoms with E-state index in [-0.39, 0.29) is 18.2 Å². The average Bonchev–Trinajstić information content (AvgIpc) is 3.29. The topological polar surface area (TPSA) is 99.7 Å². The number of amides is 3. The first-order chi connectivity index (χ1) is 16.0. The van der Waals surface area contributed by atoms with Gasteiger partial charge in [0.05, 0.1) is 6.67 Å². The SMILES string of the molecule is CN1C=C2C(=O)N(N3CCN(C(=O)[C@](Cc4ccccc4)(NC(=O)O)C(C)(C)C)CC3)CN2C1. The number of carbonyl (C=O) groups excluding carboxylic acids is 2. The molecular formula is C24H34N6O4. The van der Waals surface area contributed by atoms with Crippen LogP contribution in [0.25, 0.3) is 0 Å². The summed E-state index contributed by atoms with van der Waals surface area (Å²) in [7, 11) is 1.94. The molecule has 10 heteroatoms. The number of hydrogen-bond donors (Lipinski definition) is 2. The summed E-state index contributed by atoms with van der Waals surface area (Å²) in [6, 6.07) is 9.49. The minimum Gasteiger partial charge on any atom is -0.465 e. The van der Waals surface area contributed by atoms with Crippen LogP contribution in [0.4, 0.5) is 4.79 Å². The molecule has 2 fully saturated rings. The first-order valence-electron chi connectivity index (χ1n) is 11.6. The van der Waals surface area contributed by atoms with E-state index >= 15 is 0 Å². The van der Waals surface area contributed by atoms with Gasteiger partial charge in [-0.3, -0.25) is 9.59 Å². The normalized spacial score (nSPS) is 20.8. The quantitative estimate of drug-likeness (QED) is 0.667. The van der Waals surface area contributed by atoms with Crippen LogP contribution in [-0.4, -0.2) is 99.8 Å². The number of carboxylic acid groups (broad SMARTS) is 1. The van der Waals surface area contributed by atoms with E-state index in [1.165, 1.54) is 0 Å². The number of rotatable bonds is 5. The molecule has 2 N–H and O–H groups in total. The smallest absolute Gasteiger partial charge is 0.405 e. The van der Waals surface area contributed by atoms with Gasteiger partial charge in [0.25, 0.3) is 5.91 Å². The lowest BCUT2D eigenvalue weighted by molar-refractivity contribution is -0.153. The molecule has 0 aliphatic carbocycles. The van der Waals surface area contributed by atoms with Gasteiger partial charge in [-0.05, 0) is 11.0 Å². The van der Waals surface area contributed by atoms with E-state index in [1.54, 1.807) is 9.91 Å². The second-order valence-corrected chi connectivity index (χ2v) is 10.3. The molecule has 0 spiro atoms. The first-order valence-corrected chi connectivity index (χ1v) is 11.6. The fourth-order valence-corrected chi connectivity index (χ4v) is 5.01. The third-order valence-electron chi connectivity index (χ3n) is 7.00. The Hall–Kier alpha value is -3.27. The van der Waals surface area contributed by atoms with Crippen molar-refractivity contribution in [3.63, 3.8) is 0 Å². The fraction of sp³-hybridized carbons (Fsp3) is 0.542. The monoisotopic (exact) mass is 470 g/mol. The van der Waals surface area contributed by atoms with Crippen molar-refractivity contribution < 1.29 is 19.5 Å². The molecule has 3 aliphatic heterocycles. The van der Waals surface area contributed by atoms with Gasteiger partial charge < -0.3 is 25.1 Å². The molecule has 0 unspecified atom stereocenters. The van der Waals surface area contributed by atoms with Crippen LogP contribution in [0.2, 0.25) is 0 Å². The van der Waals surface area contributed by atoms with E-state index in [0.29, 0.717) is 45.2 Å². The molecule has 1 atom stereocenters. The predicted octanol–water partition coefficient (Wildman–Crippen LogP) is 1.19. The Morgan fingerprint density at radius 2 is 1.68 bits per heavy atom. The number of fused-ring (bicyclic) bond motifs is 1. The molecule has 0 saturated carbocycles. The minimum atomic E-state index is -1.33. The molecule has 10 nitrogen and oxygen atoms in total. The molecular weight excluding hydrogens is 436 g/mol. The van der Waals surface area contributed by atoms with Gasteiger partial charge >= 0.3 is 6.09 Å². The molecule has 1 aromatic carbocycles. The summed E-state index contributed by atoms with van der Waals surface area (Å²) < 4.78 is 0. The molecule has 34 heavy (non-hydrogen) atoms. The summed E-state index contributed by atoms with van der Waals surface area (Å²) in [5.74, 6) is -0.256. The molecule has 3 aliphatic rings. The van der Waals surface area contributed by atoms with Crippen LogP contribution in [0.3, 0.4) is 0 Å². The zero-order valence-corrected chi connectivity index (χ0v) is 20.3. The summed E-state index contributed by atoms with van der Waals surface area (Å²) in [6.07, 6.45) is 0.893. The highest BCUT2D eigenvalue weighted by Crippen LogP contribution is 2.36. The van der Waals surface area contributed by atoms with Gasteiger partial charge in [-0.1, -0.05) is 51.1 Å². The third-order valence-corrected chi connectivity index (χ3v) is 7.00. The highest BCUT2D eigenvalue weighted by Gasteiger charge is 2.52.